The predicted molar refractivity (Wildman–Crippen MR) is 83.7 cm³/mol. The first-order valence-corrected chi connectivity index (χ1v) is 7.35. The number of hydrogen-bond acceptors (Lipinski definition) is 1. The standard InChI is InChI=1S/C17H19ClFN/c1-2-3-9-17(13-7-5-4-6-8-13)20-14-10-11-15(18)16(19)12-14/h4-8,10-12,17,20H,2-3,9H2,1H3. The Bertz CT molecular complexity index is 542. The van der Waals surface area contributed by atoms with Gasteiger partial charge in [-0.1, -0.05) is 61.7 Å². The Hall–Kier alpha value is -1.54. The molecule has 3 heteroatoms. The molecule has 0 bridgehead atoms. The second kappa shape index (κ2) is 7.30. The summed E-state index contributed by atoms with van der Waals surface area (Å²) in [7, 11) is 0. The topological polar surface area (TPSA) is 12.0 Å². The lowest BCUT2D eigenvalue weighted by atomic mass is 10.0. The maximum absolute atomic E-state index is 13.5. The van der Waals surface area contributed by atoms with Crippen molar-refractivity contribution >= 4 is 17.3 Å². The third kappa shape index (κ3) is 3.97. The van der Waals surface area contributed by atoms with Crippen LogP contribution in [0.4, 0.5) is 10.1 Å². The average Bonchev–Trinajstić information content (AvgIpc) is 2.48. The predicted octanol–water partition coefficient (Wildman–Crippen LogP) is 5.82. The summed E-state index contributed by atoms with van der Waals surface area (Å²) in [5.74, 6) is -0.390. The van der Waals surface area contributed by atoms with Crippen LogP contribution < -0.4 is 5.32 Å². The first kappa shape index (κ1) is 14.9. The Morgan fingerprint density at radius 3 is 2.55 bits per heavy atom. The van der Waals surface area contributed by atoms with Crippen LogP contribution in [0.2, 0.25) is 5.02 Å². The van der Waals surface area contributed by atoms with E-state index in [2.05, 4.69) is 24.4 Å². The van der Waals surface area contributed by atoms with Gasteiger partial charge in [0.15, 0.2) is 0 Å². The number of unbranched alkanes of at least 4 members (excludes halogenated alkanes) is 1. The molecule has 1 atom stereocenters. The van der Waals surface area contributed by atoms with Gasteiger partial charge in [-0.25, -0.2) is 4.39 Å². The minimum atomic E-state index is -0.390. The summed E-state index contributed by atoms with van der Waals surface area (Å²) in [6, 6.07) is 15.3. The molecule has 0 aromatic heterocycles. The van der Waals surface area contributed by atoms with Gasteiger partial charge in [-0.2, -0.15) is 0 Å². The Labute approximate surface area is 124 Å². The molecule has 0 fully saturated rings. The molecule has 0 saturated heterocycles. The third-order valence-corrected chi connectivity index (χ3v) is 3.62. The summed E-state index contributed by atoms with van der Waals surface area (Å²) in [5, 5.41) is 3.55. The molecule has 1 unspecified atom stereocenters. The van der Waals surface area contributed by atoms with Crippen LogP contribution >= 0.6 is 11.6 Å². The molecule has 0 saturated carbocycles. The summed E-state index contributed by atoms with van der Waals surface area (Å²) in [4.78, 5) is 0. The third-order valence-electron chi connectivity index (χ3n) is 3.31. The number of benzene rings is 2. The second-order valence-corrected chi connectivity index (χ2v) is 5.29. The Morgan fingerprint density at radius 2 is 1.90 bits per heavy atom. The van der Waals surface area contributed by atoms with Gasteiger partial charge in [-0.3, -0.25) is 0 Å². The summed E-state index contributed by atoms with van der Waals surface area (Å²) in [5.41, 5.74) is 1.98. The minimum Gasteiger partial charge on any atom is -0.378 e. The minimum absolute atomic E-state index is 0.153. The van der Waals surface area contributed by atoms with Gasteiger partial charge in [0.1, 0.15) is 5.82 Å². The summed E-state index contributed by atoms with van der Waals surface area (Å²) in [6.07, 6.45) is 3.29. The van der Waals surface area contributed by atoms with Gasteiger partial charge in [0.2, 0.25) is 0 Å². The highest BCUT2D eigenvalue weighted by Gasteiger charge is 2.11. The lowest BCUT2D eigenvalue weighted by molar-refractivity contribution is 0.622. The number of halogens is 2. The fourth-order valence-electron chi connectivity index (χ4n) is 2.20. The van der Waals surface area contributed by atoms with Crippen LogP contribution in [0.3, 0.4) is 0 Å². The normalized spacial score (nSPS) is 12.2. The van der Waals surface area contributed by atoms with Gasteiger partial charge in [0.05, 0.1) is 11.1 Å². The highest BCUT2D eigenvalue weighted by Crippen LogP contribution is 2.26. The van der Waals surface area contributed by atoms with Crippen molar-refractivity contribution in [1.82, 2.24) is 0 Å². The summed E-state index contributed by atoms with van der Waals surface area (Å²) < 4.78 is 13.5. The van der Waals surface area contributed by atoms with Crippen LogP contribution in [-0.4, -0.2) is 0 Å². The van der Waals surface area contributed by atoms with Crippen molar-refractivity contribution in [3.63, 3.8) is 0 Å². The van der Waals surface area contributed by atoms with E-state index in [1.165, 1.54) is 11.6 Å². The molecular formula is C17H19ClFN. The van der Waals surface area contributed by atoms with Crippen molar-refractivity contribution in [3.05, 3.63) is 64.9 Å². The molecule has 0 amide bonds. The Balaban J connectivity index is 2.17. The zero-order valence-electron chi connectivity index (χ0n) is 11.6. The van der Waals surface area contributed by atoms with E-state index < -0.39 is 0 Å². The molecular weight excluding hydrogens is 273 g/mol. The van der Waals surface area contributed by atoms with E-state index in [0.29, 0.717) is 0 Å². The first-order valence-electron chi connectivity index (χ1n) is 6.97. The van der Waals surface area contributed by atoms with E-state index in [9.17, 15) is 4.39 Å². The van der Waals surface area contributed by atoms with Crippen molar-refractivity contribution in [2.24, 2.45) is 0 Å². The first-order chi connectivity index (χ1) is 9.70. The van der Waals surface area contributed by atoms with E-state index in [4.69, 9.17) is 11.6 Å². The van der Waals surface area contributed by atoms with Crippen LogP contribution in [0.1, 0.15) is 37.8 Å². The van der Waals surface area contributed by atoms with Crippen LogP contribution in [0, 0.1) is 5.82 Å². The second-order valence-electron chi connectivity index (χ2n) is 4.88. The molecule has 2 aromatic carbocycles. The van der Waals surface area contributed by atoms with E-state index in [0.717, 1.165) is 24.9 Å². The van der Waals surface area contributed by atoms with Crippen LogP contribution in [0.5, 0.6) is 0 Å². The van der Waals surface area contributed by atoms with E-state index in [1.807, 2.05) is 24.3 Å². The van der Waals surface area contributed by atoms with Gasteiger partial charge in [0, 0.05) is 5.69 Å². The molecule has 106 valence electrons. The van der Waals surface area contributed by atoms with Crippen molar-refractivity contribution < 1.29 is 4.39 Å². The molecule has 0 heterocycles. The molecule has 2 aromatic rings. The zero-order valence-corrected chi connectivity index (χ0v) is 12.3. The largest absolute Gasteiger partial charge is 0.378 e. The van der Waals surface area contributed by atoms with Crippen molar-refractivity contribution in [2.75, 3.05) is 5.32 Å². The molecule has 0 aliphatic carbocycles. The van der Waals surface area contributed by atoms with E-state index in [-0.39, 0.29) is 16.9 Å². The number of hydrogen-bond donors (Lipinski definition) is 1. The molecule has 0 spiro atoms. The lowest BCUT2D eigenvalue weighted by Crippen LogP contribution is -2.10. The van der Waals surface area contributed by atoms with Gasteiger partial charge in [0.25, 0.3) is 0 Å². The highest BCUT2D eigenvalue weighted by molar-refractivity contribution is 6.30. The molecule has 0 aliphatic heterocycles. The highest BCUT2D eigenvalue weighted by atomic mass is 35.5. The zero-order chi connectivity index (χ0) is 14.4. The van der Waals surface area contributed by atoms with Crippen molar-refractivity contribution in [3.8, 4) is 0 Å². The number of anilines is 1. The summed E-state index contributed by atoms with van der Waals surface area (Å²) in [6.45, 7) is 2.17. The van der Waals surface area contributed by atoms with Crippen LogP contribution in [-0.2, 0) is 0 Å². The maximum Gasteiger partial charge on any atom is 0.143 e. The van der Waals surface area contributed by atoms with Crippen LogP contribution in [0.25, 0.3) is 0 Å². The lowest BCUT2D eigenvalue weighted by Gasteiger charge is -2.20. The van der Waals surface area contributed by atoms with Crippen molar-refractivity contribution in [1.29, 1.82) is 0 Å². The smallest absolute Gasteiger partial charge is 0.143 e. The molecule has 0 aliphatic rings. The molecule has 0 radical (unpaired) electrons. The maximum atomic E-state index is 13.5. The molecule has 20 heavy (non-hydrogen) atoms. The van der Waals surface area contributed by atoms with Crippen LogP contribution in [0.15, 0.2) is 48.5 Å². The fourth-order valence-corrected chi connectivity index (χ4v) is 2.32. The Kier molecular flexibility index (Phi) is 5.42. The molecule has 1 nitrogen and oxygen atoms in total. The van der Waals surface area contributed by atoms with E-state index in [1.54, 1.807) is 6.07 Å². The van der Waals surface area contributed by atoms with Gasteiger partial charge >= 0.3 is 0 Å². The van der Waals surface area contributed by atoms with Gasteiger partial charge in [-0.05, 0) is 30.2 Å². The number of rotatable bonds is 6. The quantitative estimate of drug-likeness (QED) is 0.707. The monoisotopic (exact) mass is 291 g/mol. The molecule has 2 rings (SSSR count). The summed E-state index contributed by atoms with van der Waals surface area (Å²) >= 11 is 5.72. The fraction of sp³-hybridized carbons (Fsp3) is 0.294. The van der Waals surface area contributed by atoms with Gasteiger partial charge < -0.3 is 5.32 Å². The van der Waals surface area contributed by atoms with Gasteiger partial charge in [-0.15, -0.1) is 0 Å². The van der Waals surface area contributed by atoms with Crippen molar-refractivity contribution in [2.45, 2.75) is 32.2 Å². The Morgan fingerprint density at radius 1 is 1.15 bits per heavy atom. The molecule has 1 N–H and O–H groups in total. The van der Waals surface area contributed by atoms with E-state index >= 15 is 0 Å². The SMILES string of the molecule is CCCCC(Nc1ccc(Cl)c(F)c1)c1ccccc1. The number of nitrogens with one attached hydrogen (secondary N) is 1. The average molecular weight is 292 g/mol.